The molecule has 4 aromatic heterocycles. The smallest absolute Gasteiger partial charge is 0.164 e. The van der Waals surface area contributed by atoms with Gasteiger partial charge < -0.3 is 4.42 Å². The lowest BCUT2D eigenvalue weighted by atomic mass is 9.93. The molecule has 20 rings (SSSR count). The molecule has 98 heavy (non-hydrogen) atoms. The topological polar surface area (TPSA) is 90.5 Å². The third-order valence-corrected chi connectivity index (χ3v) is 20.2. The molecule has 0 radical (unpaired) electrons. The summed E-state index contributed by atoms with van der Waals surface area (Å²) in [5, 5.41) is 19.3. The molecule has 7 nitrogen and oxygen atoms in total. The Balaban J connectivity index is 0.000000137. The molecular formula is C90H54N6OS. The first-order valence-electron chi connectivity index (χ1n) is 32.9. The fraction of sp³-hybridized carbons (Fsp3) is 0. The van der Waals surface area contributed by atoms with Gasteiger partial charge in [0.25, 0.3) is 0 Å². The fourth-order valence-corrected chi connectivity index (χ4v) is 15.3. The molecule has 0 saturated carbocycles. The number of hydrogen-bond donors (Lipinski definition) is 0. The van der Waals surface area contributed by atoms with E-state index in [-0.39, 0.29) is 0 Å². The zero-order valence-corrected chi connectivity index (χ0v) is 53.5. The number of rotatable bonds is 8. The normalized spacial score (nSPS) is 11.7. The number of para-hydroxylation sites is 1. The largest absolute Gasteiger partial charge is 0.456 e. The number of hydrogen-bond acceptors (Lipinski definition) is 8. The van der Waals surface area contributed by atoms with Crippen LogP contribution in [0.15, 0.2) is 332 Å². The molecule has 4 heterocycles. The Morgan fingerprint density at radius 3 is 0.867 bits per heavy atom. The summed E-state index contributed by atoms with van der Waals surface area (Å²) in [5.74, 6) is 3.83. The molecule has 0 aliphatic carbocycles. The van der Waals surface area contributed by atoms with Crippen LogP contribution in [0.5, 0.6) is 0 Å². The van der Waals surface area contributed by atoms with E-state index in [1.54, 1.807) is 0 Å². The minimum Gasteiger partial charge on any atom is -0.456 e. The molecule has 0 aliphatic heterocycles. The van der Waals surface area contributed by atoms with E-state index in [0.29, 0.717) is 34.9 Å². The van der Waals surface area contributed by atoms with Crippen molar-refractivity contribution in [2.24, 2.45) is 0 Å². The average molecular weight is 1270 g/mol. The van der Waals surface area contributed by atoms with Gasteiger partial charge in [-0.15, -0.1) is 11.3 Å². The van der Waals surface area contributed by atoms with Gasteiger partial charge in [-0.1, -0.05) is 267 Å². The summed E-state index contributed by atoms with van der Waals surface area (Å²) in [6.07, 6.45) is 0. The minimum absolute atomic E-state index is 0.614. The van der Waals surface area contributed by atoms with Crippen molar-refractivity contribution in [2.45, 2.75) is 0 Å². The van der Waals surface area contributed by atoms with Crippen LogP contribution in [0.25, 0.3) is 197 Å². The fourth-order valence-electron chi connectivity index (χ4n) is 14.2. The van der Waals surface area contributed by atoms with Crippen molar-refractivity contribution in [3.8, 4) is 90.6 Å². The minimum atomic E-state index is 0.614. The molecule has 8 heteroatoms. The van der Waals surface area contributed by atoms with Crippen LogP contribution < -0.4 is 0 Å². The van der Waals surface area contributed by atoms with Crippen molar-refractivity contribution in [1.29, 1.82) is 0 Å². The number of nitrogens with zero attached hydrogens (tertiary/aromatic N) is 6. The Bertz CT molecular complexity index is 6080. The first-order chi connectivity index (χ1) is 48.5. The lowest BCUT2D eigenvalue weighted by Crippen LogP contribution is -2.00. The second-order valence-corrected chi connectivity index (χ2v) is 25.9. The molecule has 20 aromatic rings. The van der Waals surface area contributed by atoms with E-state index in [1.807, 2.05) is 53.8 Å². The number of fused-ring (bicyclic) bond motifs is 18. The summed E-state index contributed by atoms with van der Waals surface area (Å²) >= 11 is 1.81. The monoisotopic (exact) mass is 1270 g/mol. The molecule has 0 fully saturated rings. The average Bonchev–Trinajstić information content (AvgIpc) is 1.06. The van der Waals surface area contributed by atoms with Gasteiger partial charge in [0, 0.05) is 64.3 Å². The molecule has 0 aliphatic rings. The molecule has 16 aromatic carbocycles. The highest BCUT2D eigenvalue weighted by Gasteiger charge is 2.20. The van der Waals surface area contributed by atoms with Crippen LogP contribution in [0.4, 0.5) is 0 Å². The van der Waals surface area contributed by atoms with Crippen LogP contribution in [-0.4, -0.2) is 29.9 Å². The maximum atomic E-state index is 6.13. The summed E-state index contributed by atoms with van der Waals surface area (Å²) in [7, 11) is 0. The van der Waals surface area contributed by atoms with Gasteiger partial charge in [-0.3, -0.25) is 0 Å². The standard InChI is InChI=1S/C45H27N3O.C45H27N3S/c2*1-2-10-28(11-3-1)29-18-20-30(21-19-29)43-46-44(48-45(47-43)32-23-25-42-40(27-32)38-16-8-9-17-41(38)49-42)31-22-24-37-35-14-5-4-12-33(35)34-13-6-7-15-36(34)39(37)26-31/h2*1-27H. The molecule has 0 amide bonds. The van der Waals surface area contributed by atoms with Crippen LogP contribution in [-0.2, 0) is 0 Å². The van der Waals surface area contributed by atoms with E-state index in [4.69, 9.17) is 34.3 Å². The van der Waals surface area contributed by atoms with Crippen LogP contribution in [0, 0.1) is 0 Å². The number of benzene rings is 16. The Morgan fingerprint density at radius 2 is 0.429 bits per heavy atom. The summed E-state index contributed by atoms with van der Waals surface area (Å²) in [6.45, 7) is 0. The molecule has 0 saturated heterocycles. The van der Waals surface area contributed by atoms with Crippen molar-refractivity contribution < 1.29 is 4.42 Å². The van der Waals surface area contributed by atoms with E-state index in [2.05, 4.69) is 285 Å². The van der Waals surface area contributed by atoms with E-state index in [0.717, 1.165) is 66.4 Å². The molecule has 0 spiro atoms. The Morgan fingerprint density at radius 1 is 0.163 bits per heavy atom. The van der Waals surface area contributed by atoms with Crippen LogP contribution in [0.3, 0.4) is 0 Å². The highest BCUT2D eigenvalue weighted by Crippen LogP contribution is 2.42. The van der Waals surface area contributed by atoms with Crippen molar-refractivity contribution in [1.82, 2.24) is 29.9 Å². The third kappa shape index (κ3) is 9.97. The molecule has 456 valence electrons. The van der Waals surface area contributed by atoms with E-state index in [9.17, 15) is 0 Å². The molecule has 0 unspecified atom stereocenters. The molecule has 0 atom stereocenters. The van der Waals surface area contributed by atoms with Gasteiger partial charge in [-0.25, -0.2) is 29.9 Å². The Kier molecular flexibility index (Phi) is 13.6. The third-order valence-electron chi connectivity index (χ3n) is 19.0. The van der Waals surface area contributed by atoms with E-state index in [1.165, 1.54) is 95.9 Å². The second kappa shape index (κ2) is 23.5. The van der Waals surface area contributed by atoms with Gasteiger partial charge >= 0.3 is 0 Å². The summed E-state index contributed by atoms with van der Waals surface area (Å²) in [5.41, 5.74) is 12.0. The summed E-state index contributed by atoms with van der Waals surface area (Å²) in [6, 6.07) is 115. The maximum absolute atomic E-state index is 6.13. The Labute approximate surface area is 567 Å². The summed E-state index contributed by atoms with van der Waals surface area (Å²) in [4.78, 5) is 30.7. The van der Waals surface area contributed by atoms with Crippen LogP contribution in [0.2, 0.25) is 0 Å². The van der Waals surface area contributed by atoms with Crippen LogP contribution in [0.1, 0.15) is 0 Å². The summed E-state index contributed by atoms with van der Waals surface area (Å²) < 4.78 is 8.66. The van der Waals surface area contributed by atoms with E-state index >= 15 is 0 Å². The highest BCUT2D eigenvalue weighted by molar-refractivity contribution is 7.25. The lowest BCUT2D eigenvalue weighted by Gasteiger charge is -2.13. The van der Waals surface area contributed by atoms with Crippen LogP contribution >= 0.6 is 11.3 Å². The van der Waals surface area contributed by atoms with Gasteiger partial charge in [0.1, 0.15) is 11.2 Å². The maximum Gasteiger partial charge on any atom is 0.164 e. The predicted molar refractivity (Wildman–Crippen MR) is 408 cm³/mol. The second-order valence-electron chi connectivity index (χ2n) is 24.8. The van der Waals surface area contributed by atoms with Crippen molar-refractivity contribution in [3.05, 3.63) is 328 Å². The molecule has 0 N–H and O–H groups in total. The SMILES string of the molecule is c1ccc(-c2ccc(-c3nc(-c4ccc5oc6ccccc6c5c4)nc(-c4ccc5c6ccccc6c6ccccc6c5c4)n3)cc2)cc1.c1ccc(-c2ccc(-c3nc(-c4ccc5sc6ccccc6c5c4)nc(-c4ccc5c6ccccc6c6ccccc6c5c4)n3)cc2)cc1. The number of furan rings is 1. The zero-order valence-electron chi connectivity index (χ0n) is 52.7. The molecular weight excluding hydrogens is 1210 g/mol. The first-order valence-corrected chi connectivity index (χ1v) is 33.7. The Hall–Kier alpha value is -12.9. The zero-order chi connectivity index (χ0) is 64.6. The quantitative estimate of drug-likeness (QED) is 0.140. The van der Waals surface area contributed by atoms with Gasteiger partial charge in [0.05, 0.1) is 0 Å². The predicted octanol–water partition coefficient (Wildman–Crippen LogP) is 24.3. The highest BCUT2D eigenvalue weighted by atomic mass is 32.1. The number of aromatic nitrogens is 6. The van der Waals surface area contributed by atoms with E-state index < -0.39 is 0 Å². The van der Waals surface area contributed by atoms with Crippen molar-refractivity contribution in [3.63, 3.8) is 0 Å². The van der Waals surface area contributed by atoms with Gasteiger partial charge in [-0.05, 0) is 148 Å². The van der Waals surface area contributed by atoms with Crippen molar-refractivity contribution in [2.75, 3.05) is 0 Å². The van der Waals surface area contributed by atoms with Gasteiger partial charge in [0.2, 0.25) is 0 Å². The molecule has 0 bridgehead atoms. The number of thiophene rings is 1. The lowest BCUT2D eigenvalue weighted by molar-refractivity contribution is 0.669. The van der Waals surface area contributed by atoms with Gasteiger partial charge in [0.15, 0.2) is 34.9 Å². The first kappa shape index (κ1) is 56.6. The van der Waals surface area contributed by atoms with Crippen molar-refractivity contribution >= 4 is 118 Å². The van der Waals surface area contributed by atoms with Gasteiger partial charge in [-0.2, -0.15) is 0 Å².